The Bertz CT molecular complexity index is 1160. The second-order valence-corrected chi connectivity index (χ2v) is 7.81. The second-order valence-electron chi connectivity index (χ2n) is 7.81. The molecular formula is C26H25N3O4. The average molecular weight is 444 g/mol. The molecule has 7 nitrogen and oxygen atoms in total. The van der Waals surface area contributed by atoms with E-state index in [1.807, 2.05) is 49.4 Å². The number of carbonyl (C=O) groups excluding carboxylic acids is 3. The van der Waals surface area contributed by atoms with Crippen molar-refractivity contribution in [1.29, 1.82) is 0 Å². The van der Waals surface area contributed by atoms with E-state index in [9.17, 15) is 14.4 Å². The number of amides is 3. The molecule has 2 heterocycles. The lowest BCUT2D eigenvalue weighted by Crippen LogP contribution is -2.30. The van der Waals surface area contributed by atoms with Crippen molar-refractivity contribution in [2.45, 2.75) is 32.9 Å². The molecule has 1 aromatic heterocycles. The van der Waals surface area contributed by atoms with Gasteiger partial charge < -0.3 is 10.1 Å². The maximum absolute atomic E-state index is 12.6. The molecule has 0 unspecified atom stereocenters. The van der Waals surface area contributed by atoms with E-state index in [1.165, 1.54) is 11.0 Å². The molecule has 0 bridgehead atoms. The zero-order chi connectivity index (χ0) is 23.2. The van der Waals surface area contributed by atoms with Gasteiger partial charge in [0.25, 0.3) is 17.7 Å². The molecule has 0 fully saturated rings. The topological polar surface area (TPSA) is 88.6 Å². The van der Waals surface area contributed by atoms with Gasteiger partial charge in [-0.15, -0.1) is 0 Å². The average Bonchev–Trinajstić information content (AvgIpc) is 3.10. The van der Waals surface area contributed by atoms with Crippen LogP contribution in [-0.4, -0.2) is 34.2 Å². The first kappa shape index (κ1) is 22.2. The van der Waals surface area contributed by atoms with Gasteiger partial charge in [-0.3, -0.25) is 24.3 Å². The summed E-state index contributed by atoms with van der Waals surface area (Å²) >= 11 is 0. The van der Waals surface area contributed by atoms with Crippen LogP contribution in [0.5, 0.6) is 5.75 Å². The number of nitrogens with one attached hydrogen (secondary N) is 1. The Hall–Kier alpha value is -4.00. The lowest BCUT2D eigenvalue weighted by molar-refractivity contribution is 0.0652. The van der Waals surface area contributed by atoms with E-state index in [1.54, 1.807) is 18.3 Å². The van der Waals surface area contributed by atoms with Gasteiger partial charge in [-0.05, 0) is 54.4 Å². The largest absolute Gasteiger partial charge is 0.487 e. The van der Waals surface area contributed by atoms with Crippen molar-refractivity contribution < 1.29 is 19.1 Å². The highest BCUT2D eigenvalue weighted by atomic mass is 16.5. The van der Waals surface area contributed by atoms with Gasteiger partial charge in [-0.1, -0.05) is 31.5 Å². The van der Waals surface area contributed by atoms with Gasteiger partial charge in [-0.2, -0.15) is 0 Å². The van der Waals surface area contributed by atoms with Crippen molar-refractivity contribution in [3.63, 3.8) is 0 Å². The molecule has 1 aliphatic heterocycles. The molecule has 3 amide bonds. The van der Waals surface area contributed by atoms with Crippen LogP contribution in [0.25, 0.3) is 0 Å². The highest BCUT2D eigenvalue weighted by Gasteiger charge is 2.35. The Kier molecular flexibility index (Phi) is 6.78. The predicted molar refractivity (Wildman–Crippen MR) is 123 cm³/mol. The van der Waals surface area contributed by atoms with E-state index < -0.39 is 0 Å². The van der Waals surface area contributed by atoms with E-state index in [4.69, 9.17) is 4.74 Å². The molecule has 0 aliphatic carbocycles. The number of benzene rings is 2. The van der Waals surface area contributed by atoms with Crippen LogP contribution in [0.1, 0.15) is 62.1 Å². The first-order chi connectivity index (χ1) is 16.1. The molecule has 1 N–H and O–H groups in total. The van der Waals surface area contributed by atoms with Crippen LogP contribution in [0.15, 0.2) is 66.9 Å². The number of carbonyl (C=O) groups is 3. The standard InChI is InChI=1S/C26H25N3O4/c1-2-3-14-29-25(31)22-12-9-19(15-23(22)26(29)32)24(30)28-16-18-7-10-21(11-8-18)33-17-20-6-4-5-13-27-20/h4-13,15H,2-3,14,16-17H2,1H3,(H,28,30). The quantitative estimate of drug-likeness (QED) is 0.505. The fraction of sp³-hybridized carbons (Fsp3) is 0.231. The third-order valence-corrected chi connectivity index (χ3v) is 5.46. The van der Waals surface area contributed by atoms with Crippen molar-refractivity contribution >= 4 is 17.7 Å². The summed E-state index contributed by atoms with van der Waals surface area (Å²) in [6, 6.07) is 17.8. The van der Waals surface area contributed by atoms with Gasteiger partial charge in [0, 0.05) is 24.8 Å². The third-order valence-electron chi connectivity index (χ3n) is 5.46. The van der Waals surface area contributed by atoms with Crippen LogP contribution in [0.3, 0.4) is 0 Å². The summed E-state index contributed by atoms with van der Waals surface area (Å²) in [5, 5.41) is 2.86. The molecule has 0 atom stereocenters. The van der Waals surface area contributed by atoms with E-state index >= 15 is 0 Å². The normalized spacial score (nSPS) is 12.6. The summed E-state index contributed by atoms with van der Waals surface area (Å²) in [6.45, 7) is 3.10. The number of aromatic nitrogens is 1. The monoisotopic (exact) mass is 443 g/mol. The van der Waals surface area contributed by atoms with Crippen LogP contribution in [0, 0.1) is 0 Å². The molecule has 33 heavy (non-hydrogen) atoms. The highest BCUT2D eigenvalue weighted by molar-refractivity contribution is 6.22. The van der Waals surface area contributed by atoms with Crippen LogP contribution in [-0.2, 0) is 13.2 Å². The Balaban J connectivity index is 1.33. The van der Waals surface area contributed by atoms with Gasteiger partial charge in [-0.25, -0.2) is 0 Å². The fourth-order valence-corrected chi connectivity index (χ4v) is 3.58. The molecule has 2 aromatic carbocycles. The summed E-state index contributed by atoms with van der Waals surface area (Å²) in [7, 11) is 0. The Labute approximate surface area is 192 Å². The summed E-state index contributed by atoms with van der Waals surface area (Å²) in [4.78, 5) is 43.2. The van der Waals surface area contributed by atoms with Crippen LogP contribution < -0.4 is 10.1 Å². The summed E-state index contributed by atoms with van der Waals surface area (Å²) in [5.41, 5.74) is 2.75. The molecule has 0 saturated heterocycles. The number of hydrogen-bond donors (Lipinski definition) is 1. The number of nitrogens with zero attached hydrogens (tertiary/aromatic N) is 2. The van der Waals surface area contributed by atoms with Gasteiger partial charge >= 0.3 is 0 Å². The van der Waals surface area contributed by atoms with E-state index in [2.05, 4.69) is 10.3 Å². The lowest BCUT2D eigenvalue weighted by atomic mass is 10.1. The molecule has 7 heteroatoms. The number of ether oxygens (including phenoxy) is 1. The number of fused-ring (bicyclic) bond motifs is 1. The van der Waals surface area contributed by atoms with Gasteiger partial charge in [0.2, 0.25) is 0 Å². The van der Waals surface area contributed by atoms with Crippen LogP contribution in [0.2, 0.25) is 0 Å². The van der Waals surface area contributed by atoms with Crippen molar-refractivity contribution in [2.24, 2.45) is 0 Å². The van der Waals surface area contributed by atoms with Crippen molar-refractivity contribution in [2.75, 3.05) is 6.54 Å². The van der Waals surface area contributed by atoms with Gasteiger partial charge in [0.15, 0.2) is 0 Å². The predicted octanol–water partition coefficient (Wildman–Crippen LogP) is 3.99. The third kappa shape index (κ3) is 5.09. The molecule has 4 rings (SSSR count). The molecule has 0 radical (unpaired) electrons. The first-order valence-corrected chi connectivity index (χ1v) is 11.0. The van der Waals surface area contributed by atoms with Gasteiger partial charge in [0.1, 0.15) is 12.4 Å². The SMILES string of the molecule is CCCCN1C(=O)c2ccc(C(=O)NCc3ccc(OCc4ccccn4)cc3)cc2C1=O. The minimum Gasteiger partial charge on any atom is -0.487 e. The van der Waals surface area contributed by atoms with Crippen LogP contribution >= 0.6 is 0 Å². The summed E-state index contributed by atoms with van der Waals surface area (Å²) in [6.07, 6.45) is 3.37. The zero-order valence-corrected chi connectivity index (χ0v) is 18.4. The number of rotatable bonds is 9. The van der Waals surface area contributed by atoms with Gasteiger partial charge in [0.05, 0.1) is 16.8 Å². The minimum absolute atomic E-state index is 0.290. The molecule has 168 valence electrons. The highest BCUT2D eigenvalue weighted by Crippen LogP contribution is 2.24. The van der Waals surface area contributed by atoms with E-state index in [-0.39, 0.29) is 23.3 Å². The minimum atomic E-state index is -0.334. The molecule has 0 saturated carbocycles. The molecule has 0 spiro atoms. The second kappa shape index (κ2) is 10.1. The summed E-state index contributed by atoms with van der Waals surface area (Å²) < 4.78 is 5.72. The van der Waals surface area contributed by atoms with Crippen molar-refractivity contribution in [1.82, 2.24) is 15.2 Å². The first-order valence-electron chi connectivity index (χ1n) is 11.0. The number of unbranched alkanes of at least 4 members (excludes halogenated alkanes) is 1. The Morgan fingerprint density at radius 3 is 2.52 bits per heavy atom. The number of hydrogen-bond acceptors (Lipinski definition) is 5. The maximum Gasteiger partial charge on any atom is 0.261 e. The molecule has 3 aromatic rings. The summed E-state index contributed by atoms with van der Waals surface area (Å²) in [5.74, 6) is -0.217. The van der Waals surface area contributed by atoms with E-state index in [0.717, 1.165) is 24.1 Å². The smallest absolute Gasteiger partial charge is 0.261 e. The Morgan fingerprint density at radius 2 is 1.79 bits per heavy atom. The zero-order valence-electron chi connectivity index (χ0n) is 18.4. The number of imide groups is 1. The van der Waals surface area contributed by atoms with E-state index in [0.29, 0.717) is 36.6 Å². The molecular weight excluding hydrogens is 418 g/mol. The lowest BCUT2D eigenvalue weighted by Gasteiger charge is -2.12. The fourth-order valence-electron chi connectivity index (χ4n) is 3.58. The number of pyridine rings is 1. The Morgan fingerprint density at radius 1 is 1.00 bits per heavy atom. The van der Waals surface area contributed by atoms with Crippen molar-refractivity contribution in [3.05, 3.63) is 94.8 Å². The molecule has 1 aliphatic rings. The van der Waals surface area contributed by atoms with Crippen molar-refractivity contribution in [3.8, 4) is 5.75 Å². The van der Waals surface area contributed by atoms with Crippen LogP contribution in [0.4, 0.5) is 0 Å². The maximum atomic E-state index is 12.6.